The Morgan fingerprint density at radius 1 is 1.38 bits per heavy atom. The van der Waals surface area contributed by atoms with Crippen LogP contribution in [0.4, 0.5) is 5.69 Å². The molecule has 0 atom stereocenters. The second-order valence-electron chi connectivity index (χ2n) is 4.28. The lowest BCUT2D eigenvalue weighted by molar-refractivity contribution is 0.355. The largest absolute Gasteiger partial charge is 0.493 e. The summed E-state index contributed by atoms with van der Waals surface area (Å²) in [5.74, 6) is 1.67. The van der Waals surface area contributed by atoms with Gasteiger partial charge in [-0.25, -0.2) is 4.99 Å². The number of benzene rings is 1. The van der Waals surface area contributed by atoms with Crippen molar-refractivity contribution in [2.24, 2.45) is 10.7 Å². The first-order chi connectivity index (χ1) is 10.2. The number of rotatable bonds is 6. The van der Waals surface area contributed by atoms with Crippen molar-refractivity contribution < 1.29 is 9.47 Å². The van der Waals surface area contributed by atoms with E-state index in [-0.39, 0.29) is 0 Å². The molecule has 7 nitrogen and oxygen atoms in total. The number of nitrogens with one attached hydrogen (secondary N) is 1. The standard InChI is InChI=1S/C14H21N5O2/c1-19(8-4-7-15)14(17-10-16)18-11-5-6-12(20-2)13(9-11)21-3/h5-6,9H,4,7-8,15H2,1-3H3,(H,17,18). The Balaban J connectivity index is 3.02. The number of nitrogens with two attached hydrogens (primary N) is 1. The predicted molar refractivity (Wildman–Crippen MR) is 81.7 cm³/mol. The molecule has 0 saturated heterocycles. The zero-order valence-electron chi connectivity index (χ0n) is 12.6. The highest BCUT2D eigenvalue weighted by molar-refractivity contribution is 5.84. The first kappa shape index (κ1) is 16.6. The maximum Gasteiger partial charge on any atom is 0.212 e. The monoisotopic (exact) mass is 291 g/mol. The summed E-state index contributed by atoms with van der Waals surface area (Å²) in [6.07, 6.45) is 2.70. The summed E-state index contributed by atoms with van der Waals surface area (Å²) in [6.45, 7) is 1.29. The second-order valence-corrected chi connectivity index (χ2v) is 4.28. The molecule has 114 valence electrons. The van der Waals surface area contributed by atoms with Crippen molar-refractivity contribution in [2.75, 3.05) is 34.4 Å². The molecule has 0 radical (unpaired) electrons. The van der Waals surface area contributed by atoms with Gasteiger partial charge in [-0.3, -0.25) is 5.32 Å². The van der Waals surface area contributed by atoms with Crippen LogP contribution in [0.1, 0.15) is 6.42 Å². The third-order valence-electron chi connectivity index (χ3n) is 2.83. The molecule has 1 aromatic rings. The third kappa shape index (κ3) is 4.85. The summed E-state index contributed by atoms with van der Waals surface area (Å²) < 4.78 is 10.4. The molecule has 0 fully saturated rings. The van der Waals surface area contributed by atoms with Gasteiger partial charge < -0.3 is 20.1 Å². The van der Waals surface area contributed by atoms with Crippen LogP contribution < -0.4 is 20.5 Å². The first-order valence-corrected chi connectivity index (χ1v) is 6.53. The van der Waals surface area contributed by atoms with Crippen molar-refractivity contribution >= 4 is 11.6 Å². The summed E-state index contributed by atoms with van der Waals surface area (Å²) in [4.78, 5) is 6.26. The number of hydrogen-bond donors (Lipinski definition) is 2. The van der Waals surface area contributed by atoms with Gasteiger partial charge in [0.1, 0.15) is 0 Å². The molecule has 3 N–H and O–H groups in total. The minimum Gasteiger partial charge on any atom is -0.493 e. The van der Waals surface area contributed by atoms with Gasteiger partial charge in [0.2, 0.25) is 5.96 Å². The lowest BCUT2D eigenvalue weighted by Crippen LogP contribution is -2.37. The zero-order valence-corrected chi connectivity index (χ0v) is 12.6. The van der Waals surface area contributed by atoms with E-state index in [0.717, 1.165) is 6.42 Å². The molecule has 7 heteroatoms. The molecule has 0 spiro atoms. The Morgan fingerprint density at radius 2 is 2.10 bits per heavy atom. The van der Waals surface area contributed by atoms with E-state index >= 15 is 0 Å². The Morgan fingerprint density at radius 3 is 2.67 bits per heavy atom. The summed E-state index contributed by atoms with van der Waals surface area (Å²) in [5, 5.41) is 11.4. The van der Waals surface area contributed by atoms with Gasteiger partial charge in [0.25, 0.3) is 0 Å². The van der Waals surface area contributed by atoms with Crippen LogP contribution >= 0.6 is 0 Å². The lowest BCUT2D eigenvalue weighted by atomic mass is 10.3. The van der Waals surface area contributed by atoms with Crippen LogP contribution in [-0.2, 0) is 0 Å². The number of nitrogens with zero attached hydrogens (tertiary/aromatic N) is 3. The fraction of sp³-hybridized carbons (Fsp3) is 0.429. The maximum absolute atomic E-state index is 8.83. The molecule has 0 amide bonds. The summed E-state index contributed by atoms with van der Waals surface area (Å²) in [6, 6.07) is 5.30. The molecule has 1 rings (SSSR count). The summed E-state index contributed by atoms with van der Waals surface area (Å²) in [7, 11) is 4.98. The van der Waals surface area contributed by atoms with Crippen molar-refractivity contribution in [3.63, 3.8) is 0 Å². The maximum atomic E-state index is 8.83. The molecular weight excluding hydrogens is 270 g/mol. The van der Waals surface area contributed by atoms with Gasteiger partial charge in [0.15, 0.2) is 17.7 Å². The topological polar surface area (TPSA) is 95.9 Å². The van der Waals surface area contributed by atoms with Crippen molar-refractivity contribution in [1.82, 2.24) is 10.2 Å². The lowest BCUT2D eigenvalue weighted by Gasteiger charge is -2.19. The Labute approximate surface area is 125 Å². The Kier molecular flexibility index (Phi) is 6.84. The van der Waals surface area contributed by atoms with E-state index < -0.39 is 0 Å². The highest BCUT2D eigenvalue weighted by Crippen LogP contribution is 2.31. The Bertz CT molecular complexity index is 525. The van der Waals surface area contributed by atoms with Crippen molar-refractivity contribution in [3.05, 3.63) is 18.2 Å². The minimum atomic E-state index is 0.457. The van der Waals surface area contributed by atoms with Crippen LogP contribution in [0, 0.1) is 11.5 Å². The van der Waals surface area contributed by atoms with E-state index in [1.54, 1.807) is 32.4 Å². The van der Waals surface area contributed by atoms with Gasteiger partial charge in [-0.2, -0.15) is 5.26 Å². The van der Waals surface area contributed by atoms with Gasteiger partial charge >= 0.3 is 0 Å². The molecule has 0 bridgehead atoms. The zero-order chi connectivity index (χ0) is 15.7. The van der Waals surface area contributed by atoms with Crippen LogP contribution in [-0.4, -0.2) is 45.2 Å². The fourth-order valence-electron chi connectivity index (χ4n) is 1.71. The van der Waals surface area contributed by atoms with Crippen LogP contribution in [0.2, 0.25) is 0 Å². The number of aliphatic imine (C=N–C) groups is 1. The van der Waals surface area contributed by atoms with Crippen LogP contribution in [0.15, 0.2) is 23.2 Å². The van der Waals surface area contributed by atoms with Gasteiger partial charge in [-0.05, 0) is 25.1 Å². The molecule has 0 aliphatic rings. The number of nitriles is 1. The third-order valence-corrected chi connectivity index (χ3v) is 2.83. The summed E-state index contributed by atoms with van der Waals surface area (Å²) in [5.41, 5.74) is 6.15. The van der Waals surface area contributed by atoms with E-state index in [2.05, 4.69) is 10.3 Å². The van der Waals surface area contributed by atoms with Crippen molar-refractivity contribution in [3.8, 4) is 17.7 Å². The van der Waals surface area contributed by atoms with Gasteiger partial charge in [-0.15, -0.1) is 0 Å². The molecular formula is C14H21N5O2. The van der Waals surface area contributed by atoms with Gasteiger partial charge in [-0.1, -0.05) is 0 Å². The van der Waals surface area contributed by atoms with E-state index in [0.29, 0.717) is 36.2 Å². The van der Waals surface area contributed by atoms with Crippen LogP contribution in [0.3, 0.4) is 0 Å². The van der Waals surface area contributed by atoms with Crippen LogP contribution in [0.25, 0.3) is 0 Å². The highest BCUT2D eigenvalue weighted by atomic mass is 16.5. The SMILES string of the molecule is COc1ccc(N=C(NC#N)N(C)CCCN)cc1OC. The van der Waals surface area contributed by atoms with Crippen LogP contribution in [0.5, 0.6) is 11.5 Å². The van der Waals surface area contributed by atoms with Gasteiger partial charge in [0.05, 0.1) is 19.9 Å². The highest BCUT2D eigenvalue weighted by Gasteiger charge is 2.08. The number of hydrogen-bond acceptors (Lipinski definition) is 5. The van der Waals surface area contributed by atoms with Crippen molar-refractivity contribution in [2.45, 2.75) is 6.42 Å². The molecule has 0 heterocycles. The number of guanidine groups is 1. The minimum absolute atomic E-state index is 0.457. The van der Waals surface area contributed by atoms with E-state index in [9.17, 15) is 0 Å². The number of ether oxygens (including phenoxy) is 2. The average molecular weight is 291 g/mol. The smallest absolute Gasteiger partial charge is 0.212 e. The van der Waals surface area contributed by atoms with E-state index in [4.69, 9.17) is 20.5 Å². The van der Waals surface area contributed by atoms with E-state index in [1.807, 2.05) is 18.1 Å². The predicted octanol–water partition coefficient (Wildman–Crippen LogP) is 1.04. The molecule has 21 heavy (non-hydrogen) atoms. The first-order valence-electron chi connectivity index (χ1n) is 6.53. The van der Waals surface area contributed by atoms with Gasteiger partial charge in [0, 0.05) is 19.7 Å². The second kappa shape index (κ2) is 8.66. The fourth-order valence-corrected chi connectivity index (χ4v) is 1.71. The van der Waals surface area contributed by atoms with Crippen molar-refractivity contribution in [1.29, 1.82) is 5.26 Å². The molecule has 0 aromatic heterocycles. The molecule has 0 aliphatic heterocycles. The molecule has 0 aliphatic carbocycles. The average Bonchev–Trinajstić information content (AvgIpc) is 2.51. The Hall–Kier alpha value is -2.46. The quantitative estimate of drug-likeness (QED) is 0.352. The molecule has 1 aromatic carbocycles. The normalized spacial score (nSPS) is 10.7. The molecule has 0 unspecified atom stereocenters. The molecule has 0 saturated carbocycles. The number of methoxy groups -OCH3 is 2. The summed E-state index contributed by atoms with van der Waals surface area (Å²) >= 11 is 0. The van der Waals surface area contributed by atoms with E-state index in [1.165, 1.54) is 0 Å².